The molecule has 0 fully saturated rings. The summed E-state index contributed by atoms with van der Waals surface area (Å²) in [5.41, 5.74) is 0. The molecule has 0 spiro atoms. The molecule has 8 heteroatoms. The first-order valence-corrected chi connectivity index (χ1v) is 7.72. The number of halogens is 1. The first kappa shape index (κ1) is 15.9. The van der Waals surface area contributed by atoms with Crippen molar-refractivity contribution in [3.63, 3.8) is 0 Å². The normalized spacial score (nSPS) is 11.1. The molecule has 0 atom stereocenters. The van der Waals surface area contributed by atoms with Crippen molar-refractivity contribution < 1.29 is 17.9 Å². The van der Waals surface area contributed by atoms with Crippen LogP contribution in [0.15, 0.2) is 27.6 Å². The van der Waals surface area contributed by atoms with Gasteiger partial charge in [-0.1, -0.05) is 15.9 Å². The van der Waals surface area contributed by atoms with Gasteiger partial charge in [-0.15, -0.1) is 0 Å². The van der Waals surface area contributed by atoms with Gasteiger partial charge in [0.15, 0.2) is 0 Å². The molecule has 0 saturated carbocycles. The van der Waals surface area contributed by atoms with Crippen LogP contribution >= 0.6 is 15.9 Å². The van der Waals surface area contributed by atoms with Crippen molar-refractivity contribution >= 4 is 31.9 Å². The van der Waals surface area contributed by atoms with E-state index in [0.717, 1.165) is 0 Å². The van der Waals surface area contributed by atoms with E-state index in [-0.39, 0.29) is 29.6 Å². The fourth-order valence-corrected chi connectivity index (χ4v) is 3.10. The van der Waals surface area contributed by atoms with Crippen molar-refractivity contribution in [1.82, 2.24) is 10.0 Å². The summed E-state index contributed by atoms with van der Waals surface area (Å²) in [7, 11) is -2.28. The second-order valence-corrected chi connectivity index (χ2v) is 6.33. The second-order valence-electron chi connectivity index (χ2n) is 3.68. The lowest BCUT2D eigenvalue weighted by Crippen LogP contribution is -2.33. The number of hydrogen-bond acceptors (Lipinski definition) is 4. The van der Waals surface area contributed by atoms with Gasteiger partial charge >= 0.3 is 0 Å². The highest BCUT2D eigenvalue weighted by Gasteiger charge is 2.19. The van der Waals surface area contributed by atoms with Gasteiger partial charge in [-0.3, -0.25) is 4.79 Å². The molecule has 1 rings (SSSR count). The maximum atomic E-state index is 12.1. The number of methoxy groups -OCH3 is 1. The van der Waals surface area contributed by atoms with Gasteiger partial charge < -0.3 is 10.1 Å². The molecule has 0 aromatic heterocycles. The Hall–Kier alpha value is -1.12. The maximum Gasteiger partial charge on any atom is 0.244 e. The van der Waals surface area contributed by atoms with Crippen LogP contribution < -0.4 is 14.8 Å². The fourth-order valence-electron chi connectivity index (χ4n) is 1.36. The van der Waals surface area contributed by atoms with Gasteiger partial charge in [-0.2, -0.15) is 0 Å². The number of carbonyl (C=O) groups is 1. The largest absolute Gasteiger partial charge is 0.495 e. The minimum atomic E-state index is -3.68. The minimum absolute atomic E-state index is 0.0483. The number of amides is 1. The maximum absolute atomic E-state index is 12.1. The van der Waals surface area contributed by atoms with Crippen LogP contribution in [-0.4, -0.2) is 34.5 Å². The number of ether oxygens (including phenoxy) is 1. The Labute approximate surface area is 120 Å². The average molecular weight is 351 g/mol. The van der Waals surface area contributed by atoms with Crippen molar-refractivity contribution in [2.75, 3.05) is 20.2 Å². The van der Waals surface area contributed by atoms with Gasteiger partial charge in [0.05, 0.1) is 7.11 Å². The lowest BCUT2D eigenvalue weighted by Gasteiger charge is -2.11. The van der Waals surface area contributed by atoms with Crippen LogP contribution in [0.2, 0.25) is 0 Å². The lowest BCUT2D eigenvalue weighted by atomic mass is 10.3. The average Bonchev–Trinajstić information content (AvgIpc) is 2.34. The fraction of sp³-hybridized carbons (Fsp3) is 0.364. The first-order valence-electron chi connectivity index (χ1n) is 5.44. The Balaban J connectivity index is 2.82. The predicted molar refractivity (Wildman–Crippen MR) is 74.6 cm³/mol. The molecule has 0 aliphatic rings. The van der Waals surface area contributed by atoms with Crippen molar-refractivity contribution in [2.45, 2.75) is 11.8 Å². The number of rotatable bonds is 6. The molecule has 1 aromatic rings. The zero-order valence-electron chi connectivity index (χ0n) is 10.6. The van der Waals surface area contributed by atoms with Crippen LogP contribution in [0.4, 0.5) is 0 Å². The molecule has 1 amide bonds. The van der Waals surface area contributed by atoms with Crippen LogP contribution in [-0.2, 0) is 14.8 Å². The Morgan fingerprint density at radius 3 is 2.63 bits per heavy atom. The number of hydrogen-bond donors (Lipinski definition) is 2. The Bertz CT molecular complexity index is 560. The minimum Gasteiger partial charge on any atom is -0.495 e. The second kappa shape index (κ2) is 6.88. The first-order chi connectivity index (χ1) is 8.86. The summed E-state index contributed by atoms with van der Waals surface area (Å²) in [5, 5.41) is 2.50. The number of carbonyl (C=O) groups excluding carboxylic acids is 1. The van der Waals surface area contributed by atoms with Gasteiger partial charge in [0.2, 0.25) is 15.9 Å². The summed E-state index contributed by atoms with van der Waals surface area (Å²) >= 11 is 3.21. The van der Waals surface area contributed by atoms with Crippen LogP contribution in [0.3, 0.4) is 0 Å². The zero-order chi connectivity index (χ0) is 14.5. The van der Waals surface area contributed by atoms with Crippen LogP contribution in [0, 0.1) is 0 Å². The molecule has 0 saturated heterocycles. The third-order valence-electron chi connectivity index (χ3n) is 2.21. The van der Waals surface area contributed by atoms with E-state index in [1.807, 2.05) is 0 Å². The number of benzene rings is 1. The SMILES string of the molecule is COc1ccc(Br)cc1S(=O)(=O)NCCNC(C)=O. The number of nitrogens with one attached hydrogen (secondary N) is 2. The molecule has 0 aliphatic carbocycles. The van der Waals surface area contributed by atoms with E-state index in [4.69, 9.17) is 4.74 Å². The summed E-state index contributed by atoms with van der Waals surface area (Å²) in [5.74, 6) is 0.0504. The van der Waals surface area contributed by atoms with Crippen molar-refractivity contribution in [3.05, 3.63) is 22.7 Å². The Morgan fingerprint density at radius 1 is 1.37 bits per heavy atom. The molecule has 0 bridgehead atoms. The number of sulfonamides is 1. The van der Waals surface area contributed by atoms with Crippen molar-refractivity contribution in [2.24, 2.45) is 0 Å². The van der Waals surface area contributed by atoms with Gasteiger partial charge in [-0.25, -0.2) is 13.1 Å². The molecule has 6 nitrogen and oxygen atoms in total. The highest BCUT2D eigenvalue weighted by atomic mass is 79.9. The summed E-state index contributed by atoms with van der Waals surface area (Å²) < 4.78 is 32.2. The highest BCUT2D eigenvalue weighted by molar-refractivity contribution is 9.10. The van der Waals surface area contributed by atoms with Crippen LogP contribution in [0.25, 0.3) is 0 Å². The van der Waals surface area contributed by atoms with E-state index >= 15 is 0 Å². The van der Waals surface area contributed by atoms with Crippen molar-refractivity contribution in [1.29, 1.82) is 0 Å². The summed E-state index contributed by atoms with van der Waals surface area (Å²) in [6.45, 7) is 1.70. The summed E-state index contributed by atoms with van der Waals surface area (Å²) in [6.07, 6.45) is 0. The molecule has 19 heavy (non-hydrogen) atoms. The van der Waals surface area contributed by atoms with E-state index in [2.05, 4.69) is 26.0 Å². The molecule has 0 heterocycles. The monoisotopic (exact) mass is 350 g/mol. The lowest BCUT2D eigenvalue weighted by molar-refractivity contribution is -0.118. The van der Waals surface area contributed by atoms with E-state index in [9.17, 15) is 13.2 Å². The standard InChI is InChI=1S/C11H15BrN2O4S/c1-8(15)13-5-6-14-19(16,17)11-7-9(12)3-4-10(11)18-2/h3-4,7,14H,5-6H2,1-2H3,(H,13,15). The third-order valence-corrected chi connectivity index (χ3v) is 4.18. The molecule has 0 unspecified atom stereocenters. The molecular weight excluding hydrogens is 336 g/mol. The Morgan fingerprint density at radius 2 is 2.05 bits per heavy atom. The van der Waals surface area contributed by atoms with Gasteiger partial charge in [0, 0.05) is 24.5 Å². The van der Waals surface area contributed by atoms with Crippen molar-refractivity contribution in [3.8, 4) is 5.75 Å². The van der Waals surface area contributed by atoms with E-state index < -0.39 is 10.0 Å². The smallest absolute Gasteiger partial charge is 0.244 e. The zero-order valence-corrected chi connectivity index (χ0v) is 13.0. The molecule has 0 aliphatic heterocycles. The van der Waals surface area contributed by atoms with E-state index in [1.54, 1.807) is 12.1 Å². The molecular formula is C11H15BrN2O4S. The summed E-state index contributed by atoms with van der Waals surface area (Å²) in [4.78, 5) is 10.7. The summed E-state index contributed by atoms with van der Waals surface area (Å²) in [6, 6.07) is 4.71. The molecule has 106 valence electrons. The van der Waals surface area contributed by atoms with E-state index in [0.29, 0.717) is 4.47 Å². The topological polar surface area (TPSA) is 84.5 Å². The van der Waals surface area contributed by atoms with Gasteiger partial charge in [0.25, 0.3) is 0 Å². The van der Waals surface area contributed by atoms with Crippen LogP contribution in [0.1, 0.15) is 6.92 Å². The third kappa shape index (κ3) is 4.81. The van der Waals surface area contributed by atoms with Crippen LogP contribution in [0.5, 0.6) is 5.75 Å². The molecule has 2 N–H and O–H groups in total. The Kier molecular flexibility index (Phi) is 5.77. The van der Waals surface area contributed by atoms with E-state index in [1.165, 1.54) is 20.1 Å². The van der Waals surface area contributed by atoms with Gasteiger partial charge in [0.1, 0.15) is 10.6 Å². The molecule has 0 radical (unpaired) electrons. The quantitative estimate of drug-likeness (QED) is 0.745. The predicted octanol–water partition coefficient (Wildman–Crippen LogP) is 0.872. The van der Waals surface area contributed by atoms with Gasteiger partial charge in [-0.05, 0) is 18.2 Å². The molecule has 1 aromatic carbocycles. The highest BCUT2D eigenvalue weighted by Crippen LogP contribution is 2.26.